The van der Waals surface area contributed by atoms with E-state index in [9.17, 15) is 4.79 Å². The van der Waals surface area contributed by atoms with Gasteiger partial charge in [0.2, 0.25) is 0 Å². The molecule has 0 bridgehead atoms. The van der Waals surface area contributed by atoms with E-state index in [4.69, 9.17) is 9.47 Å². The minimum Gasteiger partial charge on any atom is -1.00 e. The Morgan fingerprint density at radius 1 is 0.964 bits per heavy atom. The van der Waals surface area contributed by atoms with Gasteiger partial charge in [-0.25, -0.2) is 4.79 Å². The number of fused-ring (bicyclic) bond motifs is 1. The number of hydrogen-bond donors (Lipinski definition) is 1. The Labute approximate surface area is 171 Å². The molecule has 0 spiro atoms. The van der Waals surface area contributed by atoms with Gasteiger partial charge in [-0.05, 0) is 48.4 Å². The van der Waals surface area contributed by atoms with Crippen LogP contribution in [0, 0.1) is 0 Å². The largest absolute Gasteiger partial charge is 1.00 e. The van der Waals surface area contributed by atoms with Crippen molar-refractivity contribution >= 4 is 11.0 Å². The average Bonchev–Trinajstić information content (AvgIpc) is 2.91. The number of aromatic nitrogens is 2. The summed E-state index contributed by atoms with van der Waals surface area (Å²) in [5.74, 6) is 1.43. The van der Waals surface area contributed by atoms with Crippen LogP contribution in [0.1, 0.15) is 24.5 Å². The molecule has 0 aliphatic rings. The molecule has 6 nitrogen and oxygen atoms in total. The van der Waals surface area contributed by atoms with Crippen molar-refractivity contribution in [2.24, 2.45) is 14.1 Å². The highest BCUT2D eigenvalue weighted by atomic mass is 35.5. The maximum absolute atomic E-state index is 12.1. The second kappa shape index (κ2) is 9.66. The zero-order valence-electron chi connectivity index (χ0n) is 16.8. The smallest absolute Gasteiger partial charge is 0.328 e. The van der Waals surface area contributed by atoms with E-state index in [1.165, 1.54) is 0 Å². The summed E-state index contributed by atoms with van der Waals surface area (Å²) >= 11 is 0. The first-order valence-electron chi connectivity index (χ1n) is 9.20. The van der Waals surface area contributed by atoms with E-state index >= 15 is 0 Å². The van der Waals surface area contributed by atoms with Crippen LogP contribution in [0.3, 0.4) is 0 Å². The van der Waals surface area contributed by atoms with Gasteiger partial charge >= 0.3 is 5.69 Å². The summed E-state index contributed by atoms with van der Waals surface area (Å²) in [7, 11) is 5.21. The van der Waals surface area contributed by atoms with Gasteiger partial charge in [0.25, 0.3) is 0 Å². The van der Waals surface area contributed by atoms with Gasteiger partial charge in [0.15, 0.2) is 11.5 Å². The predicted octanol–water partition coefficient (Wildman–Crippen LogP) is -0.0318. The molecule has 1 N–H and O–H groups in total. The summed E-state index contributed by atoms with van der Waals surface area (Å²) in [6.45, 7) is 4.35. The van der Waals surface area contributed by atoms with Crippen LogP contribution in [-0.4, -0.2) is 22.8 Å². The van der Waals surface area contributed by atoms with Crippen molar-refractivity contribution in [1.82, 2.24) is 14.5 Å². The number of benzene rings is 2. The molecule has 2 aromatic carbocycles. The van der Waals surface area contributed by atoms with Crippen LogP contribution in [0.25, 0.3) is 11.0 Å². The minimum absolute atomic E-state index is 0. The van der Waals surface area contributed by atoms with Gasteiger partial charge in [-0.15, -0.1) is 0 Å². The van der Waals surface area contributed by atoms with Gasteiger partial charge in [0.05, 0.1) is 18.1 Å². The van der Waals surface area contributed by atoms with Gasteiger partial charge in [0, 0.05) is 20.6 Å². The van der Waals surface area contributed by atoms with Gasteiger partial charge in [0.1, 0.15) is 6.61 Å². The molecule has 0 aliphatic heterocycles. The zero-order valence-corrected chi connectivity index (χ0v) is 17.5. The quantitative estimate of drug-likeness (QED) is 0.536. The van der Waals surface area contributed by atoms with E-state index in [0.29, 0.717) is 12.4 Å². The first-order chi connectivity index (χ1) is 13.0. The average molecular weight is 405 g/mol. The zero-order chi connectivity index (χ0) is 19.4. The summed E-state index contributed by atoms with van der Waals surface area (Å²) in [6, 6.07) is 11.9. The molecule has 0 atom stereocenters. The standard InChI is InChI=1S/C21H27N3O3.ClH/c1-5-10-22-13-15-7-9-19(20(12-15)26-4)27-14-16-6-8-17-18(11-16)24(3)21(25)23(17)2;/h6-9,11-12,22H,5,10,13-14H2,1-4H3;1H/p-1. The number of aryl methyl sites for hydroxylation is 2. The third-order valence-electron chi connectivity index (χ3n) is 4.71. The molecule has 0 saturated carbocycles. The third kappa shape index (κ3) is 4.51. The van der Waals surface area contributed by atoms with Crippen LogP contribution in [0.5, 0.6) is 11.5 Å². The summed E-state index contributed by atoms with van der Waals surface area (Å²) in [4.78, 5) is 12.1. The molecule has 0 amide bonds. The van der Waals surface area contributed by atoms with Gasteiger partial charge in [-0.1, -0.05) is 19.1 Å². The monoisotopic (exact) mass is 404 g/mol. The highest BCUT2D eigenvalue weighted by Crippen LogP contribution is 2.29. The van der Waals surface area contributed by atoms with Crippen LogP contribution in [-0.2, 0) is 27.2 Å². The lowest BCUT2D eigenvalue weighted by molar-refractivity contribution is -0.00000631. The van der Waals surface area contributed by atoms with Crippen molar-refractivity contribution in [1.29, 1.82) is 0 Å². The Morgan fingerprint density at radius 3 is 2.39 bits per heavy atom. The predicted molar refractivity (Wildman–Crippen MR) is 107 cm³/mol. The minimum atomic E-state index is -0.0305. The van der Waals surface area contributed by atoms with Crippen molar-refractivity contribution in [3.63, 3.8) is 0 Å². The normalized spacial score (nSPS) is 10.7. The lowest BCUT2D eigenvalue weighted by Crippen LogP contribution is -3.00. The first kappa shape index (κ1) is 21.9. The summed E-state index contributed by atoms with van der Waals surface area (Å²) in [5.41, 5.74) is 3.94. The number of ether oxygens (including phenoxy) is 2. The number of nitrogens with zero attached hydrogens (tertiary/aromatic N) is 2. The Bertz CT molecular complexity index is 994. The summed E-state index contributed by atoms with van der Waals surface area (Å²) < 4.78 is 14.8. The Hall–Kier alpha value is -2.44. The van der Waals surface area contributed by atoms with E-state index in [-0.39, 0.29) is 18.1 Å². The van der Waals surface area contributed by atoms with Crippen LogP contribution in [0.15, 0.2) is 41.2 Å². The molecule has 3 rings (SSSR count). The molecule has 0 unspecified atom stereocenters. The van der Waals surface area contributed by atoms with E-state index in [1.807, 2.05) is 36.4 Å². The topological polar surface area (TPSA) is 57.4 Å². The molecule has 0 fully saturated rings. The van der Waals surface area contributed by atoms with E-state index < -0.39 is 0 Å². The van der Waals surface area contributed by atoms with E-state index in [0.717, 1.165) is 47.4 Å². The SMILES string of the molecule is CCCNCc1ccc(OCc2ccc3c(c2)n(C)c(=O)n3C)c(OC)c1.[Cl-]. The molecular formula is C21H27ClN3O3-. The van der Waals surface area contributed by atoms with Crippen molar-refractivity contribution in [3.05, 3.63) is 58.0 Å². The number of rotatable bonds is 8. The van der Waals surface area contributed by atoms with Gasteiger partial charge < -0.3 is 27.2 Å². The maximum atomic E-state index is 12.1. The molecule has 0 radical (unpaired) electrons. The molecule has 3 aromatic rings. The molecular weight excluding hydrogens is 378 g/mol. The van der Waals surface area contributed by atoms with E-state index in [1.54, 1.807) is 30.3 Å². The Kier molecular flexibility index (Phi) is 7.54. The van der Waals surface area contributed by atoms with Crippen LogP contribution in [0.2, 0.25) is 0 Å². The molecule has 28 heavy (non-hydrogen) atoms. The fourth-order valence-corrected chi connectivity index (χ4v) is 3.15. The van der Waals surface area contributed by atoms with E-state index in [2.05, 4.69) is 12.2 Å². The molecule has 1 aromatic heterocycles. The maximum Gasteiger partial charge on any atom is 0.328 e. The molecule has 0 aliphatic carbocycles. The number of imidazole rings is 1. The molecule has 1 heterocycles. The number of hydrogen-bond acceptors (Lipinski definition) is 4. The first-order valence-corrected chi connectivity index (χ1v) is 9.20. The highest BCUT2D eigenvalue weighted by Gasteiger charge is 2.10. The Morgan fingerprint density at radius 2 is 1.68 bits per heavy atom. The van der Waals surface area contributed by atoms with Crippen LogP contribution < -0.4 is 32.9 Å². The summed E-state index contributed by atoms with van der Waals surface area (Å²) in [6.07, 6.45) is 1.11. The lowest BCUT2D eigenvalue weighted by Gasteiger charge is -2.13. The lowest BCUT2D eigenvalue weighted by atomic mass is 10.2. The van der Waals surface area contributed by atoms with Crippen LogP contribution in [0.4, 0.5) is 0 Å². The van der Waals surface area contributed by atoms with Crippen molar-refractivity contribution in [2.75, 3.05) is 13.7 Å². The summed E-state index contributed by atoms with van der Waals surface area (Å²) in [5, 5.41) is 3.38. The van der Waals surface area contributed by atoms with Gasteiger partial charge in [-0.3, -0.25) is 9.13 Å². The second-order valence-corrected chi connectivity index (χ2v) is 6.67. The second-order valence-electron chi connectivity index (χ2n) is 6.67. The number of nitrogens with one attached hydrogen (secondary N) is 1. The highest BCUT2D eigenvalue weighted by molar-refractivity contribution is 5.76. The third-order valence-corrected chi connectivity index (χ3v) is 4.71. The molecule has 152 valence electrons. The number of methoxy groups -OCH3 is 1. The van der Waals surface area contributed by atoms with Crippen molar-refractivity contribution in [3.8, 4) is 11.5 Å². The van der Waals surface area contributed by atoms with Crippen molar-refractivity contribution in [2.45, 2.75) is 26.5 Å². The molecule has 0 saturated heterocycles. The fourth-order valence-electron chi connectivity index (χ4n) is 3.15. The number of halogens is 1. The fraction of sp³-hybridized carbons (Fsp3) is 0.381. The van der Waals surface area contributed by atoms with Crippen LogP contribution >= 0.6 is 0 Å². The molecule has 7 heteroatoms. The van der Waals surface area contributed by atoms with Gasteiger partial charge in [-0.2, -0.15) is 0 Å². The Balaban J connectivity index is 0.00000280. The van der Waals surface area contributed by atoms with Crippen molar-refractivity contribution < 1.29 is 21.9 Å².